The van der Waals surface area contributed by atoms with Crippen molar-refractivity contribution in [3.63, 3.8) is 0 Å². The van der Waals surface area contributed by atoms with Crippen molar-refractivity contribution in [3.8, 4) is 0 Å². The van der Waals surface area contributed by atoms with Crippen molar-refractivity contribution >= 4 is 0 Å². The lowest BCUT2D eigenvalue weighted by Gasteiger charge is -2.49. The van der Waals surface area contributed by atoms with Crippen LogP contribution in [0.25, 0.3) is 0 Å². The predicted octanol–water partition coefficient (Wildman–Crippen LogP) is 1.40. The molecule has 2 aliphatic rings. The maximum atomic E-state index is 3.52. The van der Waals surface area contributed by atoms with Gasteiger partial charge in [-0.05, 0) is 72.3 Å². The summed E-state index contributed by atoms with van der Waals surface area (Å²) >= 11 is 0. The molecule has 1 unspecified atom stereocenters. The average Bonchev–Trinajstić information content (AvgIpc) is 2.24. The number of nitrogens with zero attached hydrogens (tertiary/aromatic N) is 2. The second kappa shape index (κ2) is 5.68. The van der Waals surface area contributed by atoms with E-state index in [1.165, 1.54) is 58.3 Å². The molecule has 1 atom stereocenters. The van der Waals surface area contributed by atoms with Gasteiger partial charge in [0.15, 0.2) is 0 Å². The van der Waals surface area contributed by atoms with Gasteiger partial charge < -0.3 is 15.1 Å². The Balaban J connectivity index is 1.77. The molecule has 1 aliphatic heterocycles. The maximum absolute atomic E-state index is 3.52. The lowest BCUT2D eigenvalue weighted by Crippen LogP contribution is -2.57. The number of rotatable bonds is 5. The van der Waals surface area contributed by atoms with Gasteiger partial charge in [0, 0.05) is 18.6 Å². The molecule has 1 aliphatic carbocycles. The Morgan fingerprint density at radius 3 is 2.41 bits per heavy atom. The SMILES string of the molecule is CN(CC1CCCNC1)CC1(N(C)C)CCC1. The molecular formula is C14H29N3. The van der Waals surface area contributed by atoms with Crippen LogP contribution in [0.4, 0.5) is 0 Å². The summed E-state index contributed by atoms with van der Waals surface area (Å²) in [6.45, 7) is 4.96. The van der Waals surface area contributed by atoms with E-state index in [-0.39, 0.29) is 0 Å². The molecule has 0 radical (unpaired) electrons. The van der Waals surface area contributed by atoms with Crippen molar-refractivity contribution in [3.05, 3.63) is 0 Å². The number of nitrogens with one attached hydrogen (secondary N) is 1. The first-order valence-corrected chi connectivity index (χ1v) is 7.19. The topological polar surface area (TPSA) is 18.5 Å². The van der Waals surface area contributed by atoms with Crippen molar-refractivity contribution in [2.75, 3.05) is 47.3 Å². The standard InChI is InChI=1S/C14H29N3/c1-16(2)14(7-5-8-14)12-17(3)11-13-6-4-9-15-10-13/h13,15H,4-12H2,1-3H3. The Labute approximate surface area is 107 Å². The van der Waals surface area contributed by atoms with E-state index in [0.29, 0.717) is 5.54 Å². The Morgan fingerprint density at radius 2 is 1.94 bits per heavy atom. The first-order valence-electron chi connectivity index (χ1n) is 7.19. The first-order chi connectivity index (χ1) is 8.12. The minimum absolute atomic E-state index is 0.483. The molecular weight excluding hydrogens is 210 g/mol. The molecule has 1 saturated carbocycles. The van der Waals surface area contributed by atoms with Crippen LogP contribution in [0.15, 0.2) is 0 Å². The average molecular weight is 239 g/mol. The van der Waals surface area contributed by atoms with Gasteiger partial charge in [-0.15, -0.1) is 0 Å². The minimum Gasteiger partial charge on any atom is -0.316 e. The minimum atomic E-state index is 0.483. The number of piperidine rings is 1. The smallest absolute Gasteiger partial charge is 0.0330 e. The van der Waals surface area contributed by atoms with E-state index >= 15 is 0 Å². The fraction of sp³-hybridized carbons (Fsp3) is 1.00. The van der Waals surface area contributed by atoms with Gasteiger partial charge >= 0.3 is 0 Å². The fourth-order valence-electron chi connectivity index (χ4n) is 3.42. The van der Waals surface area contributed by atoms with Gasteiger partial charge in [0.2, 0.25) is 0 Å². The number of hydrogen-bond acceptors (Lipinski definition) is 3. The fourth-order valence-corrected chi connectivity index (χ4v) is 3.42. The summed E-state index contributed by atoms with van der Waals surface area (Å²) in [5, 5.41) is 3.52. The van der Waals surface area contributed by atoms with Gasteiger partial charge in [0.1, 0.15) is 0 Å². The quantitative estimate of drug-likeness (QED) is 0.782. The van der Waals surface area contributed by atoms with Crippen molar-refractivity contribution in [2.24, 2.45) is 5.92 Å². The van der Waals surface area contributed by atoms with Crippen molar-refractivity contribution in [2.45, 2.75) is 37.6 Å². The van der Waals surface area contributed by atoms with Crippen LogP contribution < -0.4 is 5.32 Å². The summed E-state index contributed by atoms with van der Waals surface area (Å²) in [4.78, 5) is 5.02. The van der Waals surface area contributed by atoms with Crippen molar-refractivity contribution in [1.82, 2.24) is 15.1 Å². The second-order valence-electron chi connectivity index (χ2n) is 6.38. The van der Waals surface area contributed by atoms with E-state index in [9.17, 15) is 0 Å². The Hall–Kier alpha value is -0.120. The third-order valence-electron chi connectivity index (χ3n) is 4.77. The van der Waals surface area contributed by atoms with Gasteiger partial charge in [0.05, 0.1) is 0 Å². The molecule has 100 valence electrons. The summed E-state index contributed by atoms with van der Waals surface area (Å²) < 4.78 is 0. The molecule has 2 rings (SSSR count). The van der Waals surface area contributed by atoms with Gasteiger partial charge in [0.25, 0.3) is 0 Å². The molecule has 0 spiro atoms. The molecule has 0 aromatic heterocycles. The van der Waals surface area contributed by atoms with E-state index in [2.05, 4.69) is 36.3 Å². The first kappa shape index (κ1) is 13.3. The van der Waals surface area contributed by atoms with E-state index in [1.54, 1.807) is 0 Å². The lowest BCUT2D eigenvalue weighted by molar-refractivity contribution is 0.0231. The highest BCUT2D eigenvalue weighted by Gasteiger charge is 2.39. The largest absolute Gasteiger partial charge is 0.316 e. The highest BCUT2D eigenvalue weighted by Crippen LogP contribution is 2.36. The molecule has 0 aromatic rings. The van der Waals surface area contributed by atoms with Crippen LogP contribution in [0.1, 0.15) is 32.1 Å². The zero-order chi connectivity index (χ0) is 12.3. The number of likely N-dealkylation sites (N-methyl/N-ethyl adjacent to an activating group) is 2. The molecule has 17 heavy (non-hydrogen) atoms. The van der Waals surface area contributed by atoms with Gasteiger partial charge in [-0.3, -0.25) is 0 Å². The summed E-state index contributed by atoms with van der Waals surface area (Å²) in [5.74, 6) is 0.869. The zero-order valence-corrected chi connectivity index (χ0v) is 11.8. The highest BCUT2D eigenvalue weighted by atomic mass is 15.2. The van der Waals surface area contributed by atoms with E-state index < -0.39 is 0 Å². The lowest BCUT2D eigenvalue weighted by atomic mass is 9.75. The highest BCUT2D eigenvalue weighted by molar-refractivity contribution is 4.98. The normalized spacial score (nSPS) is 28.4. The summed E-state index contributed by atoms with van der Waals surface area (Å²) in [6.07, 6.45) is 6.95. The summed E-state index contributed by atoms with van der Waals surface area (Å²) in [6, 6.07) is 0. The molecule has 3 heteroatoms. The third-order valence-corrected chi connectivity index (χ3v) is 4.77. The molecule has 0 amide bonds. The number of hydrogen-bond donors (Lipinski definition) is 1. The Morgan fingerprint density at radius 1 is 1.18 bits per heavy atom. The molecule has 0 aromatic carbocycles. The van der Waals surface area contributed by atoms with Crippen LogP contribution >= 0.6 is 0 Å². The molecule has 1 saturated heterocycles. The Kier molecular flexibility index (Phi) is 4.45. The third kappa shape index (κ3) is 3.21. The van der Waals surface area contributed by atoms with E-state index in [0.717, 1.165) is 5.92 Å². The van der Waals surface area contributed by atoms with E-state index in [1.807, 2.05) is 0 Å². The van der Waals surface area contributed by atoms with Crippen molar-refractivity contribution < 1.29 is 0 Å². The van der Waals surface area contributed by atoms with Gasteiger partial charge in [-0.1, -0.05) is 0 Å². The van der Waals surface area contributed by atoms with Gasteiger partial charge in [-0.2, -0.15) is 0 Å². The zero-order valence-electron chi connectivity index (χ0n) is 11.8. The van der Waals surface area contributed by atoms with Crippen LogP contribution in [-0.4, -0.2) is 62.7 Å². The molecule has 1 heterocycles. The van der Waals surface area contributed by atoms with Crippen LogP contribution in [0.2, 0.25) is 0 Å². The van der Waals surface area contributed by atoms with E-state index in [4.69, 9.17) is 0 Å². The molecule has 0 bridgehead atoms. The van der Waals surface area contributed by atoms with Crippen LogP contribution in [0.3, 0.4) is 0 Å². The Bertz CT molecular complexity index is 230. The van der Waals surface area contributed by atoms with Crippen LogP contribution in [0, 0.1) is 5.92 Å². The predicted molar refractivity (Wildman–Crippen MR) is 73.4 cm³/mol. The summed E-state index contributed by atoms with van der Waals surface area (Å²) in [5.41, 5.74) is 0.483. The molecule has 3 nitrogen and oxygen atoms in total. The van der Waals surface area contributed by atoms with Crippen molar-refractivity contribution in [1.29, 1.82) is 0 Å². The monoisotopic (exact) mass is 239 g/mol. The second-order valence-corrected chi connectivity index (χ2v) is 6.38. The maximum Gasteiger partial charge on any atom is 0.0330 e. The van der Waals surface area contributed by atoms with Crippen LogP contribution in [-0.2, 0) is 0 Å². The summed E-state index contributed by atoms with van der Waals surface area (Å²) in [7, 11) is 6.79. The molecule has 1 N–H and O–H groups in total. The van der Waals surface area contributed by atoms with Crippen LogP contribution in [0.5, 0.6) is 0 Å². The molecule has 2 fully saturated rings. The van der Waals surface area contributed by atoms with Gasteiger partial charge in [-0.25, -0.2) is 0 Å².